The predicted molar refractivity (Wildman–Crippen MR) is 114 cm³/mol. The molecule has 3 aromatic heterocycles. The number of anilines is 1. The Balaban J connectivity index is 1.35. The van der Waals surface area contributed by atoms with Crippen LogP contribution in [0.25, 0.3) is 33.7 Å². The van der Waals surface area contributed by atoms with Crippen LogP contribution in [0.2, 0.25) is 0 Å². The number of nitrogens with zero attached hydrogens (tertiary/aromatic N) is 9. The van der Waals surface area contributed by atoms with E-state index in [1.165, 1.54) is 16.9 Å². The summed E-state index contributed by atoms with van der Waals surface area (Å²) in [6, 6.07) is 9.60. The quantitative estimate of drug-likeness (QED) is 0.370. The lowest BCUT2D eigenvalue weighted by Crippen LogP contribution is -2.12. The lowest BCUT2D eigenvalue weighted by molar-refractivity contribution is 0.116. The monoisotopic (exact) mass is 467 g/mol. The molecule has 0 aliphatic carbocycles. The first kappa shape index (κ1) is 21.4. The van der Waals surface area contributed by atoms with Crippen molar-refractivity contribution in [2.45, 2.75) is 13.0 Å². The second-order valence-corrected chi connectivity index (χ2v) is 7.53. The smallest absolute Gasteiger partial charge is 0.314 e. The van der Waals surface area contributed by atoms with E-state index >= 15 is 0 Å². The van der Waals surface area contributed by atoms with Gasteiger partial charge in [0.1, 0.15) is 5.82 Å². The van der Waals surface area contributed by atoms with Gasteiger partial charge in [-0.3, -0.25) is 0 Å². The van der Waals surface area contributed by atoms with Gasteiger partial charge in [0.2, 0.25) is 17.7 Å². The molecule has 5 aromatic rings. The van der Waals surface area contributed by atoms with E-state index in [2.05, 4.69) is 35.6 Å². The Morgan fingerprint density at radius 1 is 1.03 bits per heavy atom. The molecule has 0 bridgehead atoms. The summed E-state index contributed by atoms with van der Waals surface area (Å²) in [6.45, 7) is 0.00805. The highest BCUT2D eigenvalue weighted by atomic mass is 19.3. The Bertz CT molecular complexity index is 1480. The van der Waals surface area contributed by atoms with Crippen LogP contribution in [0.3, 0.4) is 0 Å². The third-order valence-electron chi connectivity index (χ3n) is 4.92. The summed E-state index contributed by atoms with van der Waals surface area (Å²) in [5.41, 5.74) is 1.94. The van der Waals surface area contributed by atoms with E-state index in [4.69, 9.17) is 4.42 Å². The summed E-state index contributed by atoms with van der Waals surface area (Å²) in [5.74, 6) is -0.656. The summed E-state index contributed by atoms with van der Waals surface area (Å²) in [5, 5.41) is 20.0. The van der Waals surface area contributed by atoms with Crippen molar-refractivity contribution in [3.63, 3.8) is 0 Å². The molecule has 0 atom stereocenters. The van der Waals surface area contributed by atoms with Crippen LogP contribution in [0.5, 0.6) is 0 Å². The summed E-state index contributed by atoms with van der Waals surface area (Å²) in [4.78, 5) is 11.9. The minimum Gasteiger partial charge on any atom is -0.415 e. The minimum absolute atomic E-state index is 0.00805. The number of aromatic nitrogens is 8. The fourth-order valence-corrected chi connectivity index (χ4v) is 3.20. The van der Waals surface area contributed by atoms with Crippen LogP contribution in [0.4, 0.5) is 19.1 Å². The number of fused-ring (bicyclic) bond motifs is 1. The van der Waals surface area contributed by atoms with Gasteiger partial charge >= 0.3 is 6.43 Å². The normalized spacial score (nSPS) is 11.5. The summed E-state index contributed by atoms with van der Waals surface area (Å²) < 4.78 is 44.7. The van der Waals surface area contributed by atoms with Crippen molar-refractivity contribution >= 4 is 16.9 Å². The van der Waals surface area contributed by atoms with Crippen molar-refractivity contribution < 1.29 is 17.6 Å². The zero-order chi connectivity index (χ0) is 23.8. The molecule has 0 aliphatic rings. The van der Waals surface area contributed by atoms with E-state index in [1.54, 1.807) is 6.20 Å². The highest BCUT2D eigenvalue weighted by molar-refractivity contribution is 5.83. The number of rotatable bonds is 6. The van der Waals surface area contributed by atoms with Gasteiger partial charge in [-0.25, -0.2) is 14.4 Å². The van der Waals surface area contributed by atoms with E-state index < -0.39 is 18.1 Å². The molecule has 0 fully saturated rings. The van der Waals surface area contributed by atoms with Gasteiger partial charge in [0, 0.05) is 42.4 Å². The van der Waals surface area contributed by atoms with E-state index in [-0.39, 0.29) is 23.6 Å². The van der Waals surface area contributed by atoms with Crippen LogP contribution in [-0.2, 0) is 6.54 Å². The maximum atomic E-state index is 14.6. The molecule has 10 nitrogen and oxygen atoms in total. The topological polar surface area (TPSA) is 112 Å². The third-order valence-corrected chi connectivity index (χ3v) is 4.92. The zero-order valence-electron chi connectivity index (χ0n) is 17.9. The largest absolute Gasteiger partial charge is 0.415 e. The van der Waals surface area contributed by atoms with Gasteiger partial charge in [-0.2, -0.15) is 13.6 Å². The highest BCUT2D eigenvalue weighted by Gasteiger charge is 2.18. The first-order valence-electron chi connectivity index (χ1n) is 10.00. The van der Waals surface area contributed by atoms with Crippen molar-refractivity contribution in [3.05, 3.63) is 59.9 Å². The van der Waals surface area contributed by atoms with Crippen LogP contribution in [0.15, 0.2) is 47.0 Å². The second-order valence-electron chi connectivity index (χ2n) is 7.53. The summed E-state index contributed by atoms with van der Waals surface area (Å²) >= 11 is 0. The fraction of sp³-hybridized carbons (Fsp3) is 0.190. The molecule has 0 radical (unpaired) electrons. The number of alkyl halides is 2. The number of hydrogen-bond acceptors (Lipinski definition) is 9. The molecule has 13 heteroatoms. The van der Waals surface area contributed by atoms with Crippen LogP contribution < -0.4 is 4.90 Å². The fourth-order valence-electron chi connectivity index (χ4n) is 3.20. The molecule has 0 saturated heterocycles. The van der Waals surface area contributed by atoms with Crippen molar-refractivity contribution in [3.8, 4) is 22.8 Å². The molecule has 5 rings (SSSR count). The van der Waals surface area contributed by atoms with E-state index in [1.807, 2.05) is 37.2 Å². The molecule has 0 aliphatic heterocycles. The Labute approximate surface area is 190 Å². The van der Waals surface area contributed by atoms with Crippen LogP contribution in [0, 0.1) is 5.82 Å². The van der Waals surface area contributed by atoms with E-state index in [0.717, 1.165) is 17.0 Å². The molecule has 0 N–H and O–H groups in total. The molecule has 0 saturated carbocycles. The molecule has 0 unspecified atom stereocenters. The maximum Gasteiger partial charge on any atom is 0.314 e. The van der Waals surface area contributed by atoms with Gasteiger partial charge in [0.15, 0.2) is 0 Å². The van der Waals surface area contributed by atoms with Crippen LogP contribution >= 0.6 is 0 Å². The minimum atomic E-state index is -2.90. The molecule has 172 valence electrons. The van der Waals surface area contributed by atoms with Gasteiger partial charge < -0.3 is 9.32 Å². The third kappa shape index (κ3) is 4.14. The van der Waals surface area contributed by atoms with Gasteiger partial charge in [-0.05, 0) is 35.5 Å². The van der Waals surface area contributed by atoms with Gasteiger partial charge in [-0.1, -0.05) is 6.07 Å². The van der Waals surface area contributed by atoms with Gasteiger partial charge in [-0.15, -0.1) is 20.4 Å². The number of hydrogen-bond donors (Lipinski definition) is 0. The Hall–Kier alpha value is -4.42. The number of benzene rings is 2. The molecule has 3 heterocycles. The maximum absolute atomic E-state index is 14.6. The Morgan fingerprint density at radius 3 is 2.59 bits per heavy atom. The molecule has 0 amide bonds. The van der Waals surface area contributed by atoms with Crippen molar-refractivity contribution in [2.75, 3.05) is 19.0 Å². The van der Waals surface area contributed by atoms with Crippen molar-refractivity contribution in [1.29, 1.82) is 0 Å². The van der Waals surface area contributed by atoms with Crippen LogP contribution in [-0.4, -0.2) is 54.5 Å². The summed E-state index contributed by atoms with van der Waals surface area (Å²) in [6.07, 6.45) is -1.18. The first-order valence-corrected chi connectivity index (χ1v) is 10.00. The number of halogens is 3. The SMILES string of the molecule is CN(C)c1ncc2cc(-c3nnn(Cc4ccc(-c5nnc(C(F)F)o5)cc4F)n3)ccc2n1. The van der Waals surface area contributed by atoms with Crippen molar-refractivity contribution in [2.24, 2.45) is 0 Å². The zero-order valence-corrected chi connectivity index (χ0v) is 17.9. The van der Waals surface area contributed by atoms with Crippen LogP contribution in [0.1, 0.15) is 17.9 Å². The standard InChI is InChI=1S/C21H16F3N9O/c1-32(2)21-25-9-14-7-11(5-6-16(14)26-21)18-27-31-33(30-18)10-13-4-3-12(8-15(13)22)19-28-29-20(34-19)17(23)24/h3-9,17H,10H2,1-2H3. The molecular formula is C21H16F3N9O. The average Bonchev–Trinajstić information content (AvgIpc) is 3.50. The number of tetrazole rings is 1. The lowest BCUT2D eigenvalue weighted by Gasteiger charge is -2.10. The molecule has 0 spiro atoms. The van der Waals surface area contributed by atoms with Gasteiger partial charge in [0.25, 0.3) is 5.89 Å². The van der Waals surface area contributed by atoms with E-state index in [9.17, 15) is 13.2 Å². The van der Waals surface area contributed by atoms with Gasteiger partial charge in [0.05, 0.1) is 12.1 Å². The highest BCUT2D eigenvalue weighted by Crippen LogP contribution is 2.25. The Kier molecular flexibility index (Phi) is 5.36. The molecule has 34 heavy (non-hydrogen) atoms. The lowest BCUT2D eigenvalue weighted by atomic mass is 10.1. The predicted octanol–water partition coefficient (Wildman–Crippen LogP) is 3.52. The first-order chi connectivity index (χ1) is 16.4. The molecular weight excluding hydrogens is 451 g/mol. The second kappa shape index (κ2) is 8.50. The van der Waals surface area contributed by atoms with E-state index in [0.29, 0.717) is 17.3 Å². The Morgan fingerprint density at radius 2 is 1.85 bits per heavy atom. The van der Waals surface area contributed by atoms with Crippen molar-refractivity contribution in [1.82, 2.24) is 40.4 Å². The average molecular weight is 467 g/mol. The summed E-state index contributed by atoms with van der Waals surface area (Å²) in [7, 11) is 3.73. The molecule has 2 aromatic carbocycles.